The number of carbonyl (C=O) groups excluding carboxylic acids is 2. The summed E-state index contributed by atoms with van der Waals surface area (Å²) < 4.78 is 22.2. The first-order valence-electron chi connectivity index (χ1n) is 10.4. The van der Waals surface area contributed by atoms with Crippen LogP contribution in [-0.4, -0.2) is 37.4 Å². The molecular formula is C25H30O6. The molecule has 0 amide bonds. The SMILES string of the molecule is C=CC(=O)OC(CC)COc1ccc2c(C)c(OCC(CC)OC(=O)C=C)ccc2c1. The van der Waals surface area contributed by atoms with Crippen LogP contribution in [0.5, 0.6) is 11.5 Å². The lowest BCUT2D eigenvalue weighted by atomic mass is 10.0. The highest BCUT2D eigenvalue weighted by Gasteiger charge is 2.14. The number of carbonyl (C=O) groups is 2. The van der Waals surface area contributed by atoms with Gasteiger partial charge in [0.1, 0.15) is 36.9 Å². The first-order valence-corrected chi connectivity index (χ1v) is 10.4. The van der Waals surface area contributed by atoms with Crippen LogP contribution in [0.2, 0.25) is 0 Å². The zero-order chi connectivity index (χ0) is 22.8. The average molecular weight is 427 g/mol. The van der Waals surface area contributed by atoms with E-state index in [-0.39, 0.29) is 25.4 Å². The largest absolute Gasteiger partial charge is 0.490 e. The molecule has 0 aliphatic rings. The molecule has 166 valence electrons. The minimum absolute atomic E-state index is 0.267. The number of benzene rings is 2. The lowest BCUT2D eigenvalue weighted by Crippen LogP contribution is -2.23. The van der Waals surface area contributed by atoms with E-state index < -0.39 is 11.9 Å². The molecule has 6 nitrogen and oxygen atoms in total. The van der Waals surface area contributed by atoms with Gasteiger partial charge in [-0.25, -0.2) is 9.59 Å². The van der Waals surface area contributed by atoms with Gasteiger partial charge in [-0.1, -0.05) is 39.1 Å². The molecule has 0 radical (unpaired) electrons. The van der Waals surface area contributed by atoms with Crippen LogP contribution in [0.15, 0.2) is 55.6 Å². The number of hydrogen-bond donors (Lipinski definition) is 0. The van der Waals surface area contributed by atoms with E-state index in [9.17, 15) is 9.59 Å². The number of hydrogen-bond acceptors (Lipinski definition) is 6. The van der Waals surface area contributed by atoms with Gasteiger partial charge in [-0.2, -0.15) is 0 Å². The fourth-order valence-corrected chi connectivity index (χ4v) is 2.96. The number of fused-ring (bicyclic) bond motifs is 1. The zero-order valence-electron chi connectivity index (χ0n) is 18.4. The van der Waals surface area contributed by atoms with E-state index >= 15 is 0 Å². The monoisotopic (exact) mass is 426 g/mol. The van der Waals surface area contributed by atoms with Crippen LogP contribution in [0.3, 0.4) is 0 Å². The molecule has 6 heteroatoms. The summed E-state index contributed by atoms with van der Waals surface area (Å²) in [6, 6.07) is 9.63. The molecule has 0 saturated carbocycles. The van der Waals surface area contributed by atoms with Gasteiger partial charge >= 0.3 is 11.9 Å². The van der Waals surface area contributed by atoms with Crippen LogP contribution in [0, 0.1) is 6.92 Å². The Hall–Kier alpha value is -3.28. The topological polar surface area (TPSA) is 71.1 Å². The summed E-state index contributed by atoms with van der Waals surface area (Å²) in [5.41, 5.74) is 0.986. The molecular weight excluding hydrogens is 396 g/mol. The summed E-state index contributed by atoms with van der Waals surface area (Å²) >= 11 is 0. The van der Waals surface area contributed by atoms with Crippen molar-refractivity contribution in [3.63, 3.8) is 0 Å². The first-order chi connectivity index (χ1) is 14.9. The van der Waals surface area contributed by atoms with Crippen molar-refractivity contribution in [3.8, 4) is 11.5 Å². The van der Waals surface area contributed by atoms with E-state index in [0.29, 0.717) is 18.6 Å². The zero-order valence-corrected chi connectivity index (χ0v) is 18.4. The van der Waals surface area contributed by atoms with E-state index in [0.717, 1.165) is 34.2 Å². The van der Waals surface area contributed by atoms with E-state index in [1.54, 1.807) is 0 Å². The molecule has 31 heavy (non-hydrogen) atoms. The normalized spacial score (nSPS) is 12.5. The maximum atomic E-state index is 11.4. The summed E-state index contributed by atoms with van der Waals surface area (Å²) in [4.78, 5) is 22.8. The summed E-state index contributed by atoms with van der Waals surface area (Å²) in [5, 5.41) is 2.04. The van der Waals surface area contributed by atoms with Gasteiger partial charge in [0.2, 0.25) is 0 Å². The Morgan fingerprint density at radius 1 is 0.903 bits per heavy atom. The molecule has 2 rings (SSSR count). The molecule has 2 aromatic carbocycles. The molecule has 0 fully saturated rings. The number of aryl methyl sites for hydroxylation is 1. The van der Waals surface area contributed by atoms with Crippen molar-refractivity contribution in [1.29, 1.82) is 0 Å². The van der Waals surface area contributed by atoms with E-state index in [4.69, 9.17) is 18.9 Å². The third-order valence-electron chi connectivity index (χ3n) is 4.88. The van der Waals surface area contributed by atoms with Crippen LogP contribution in [-0.2, 0) is 19.1 Å². The molecule has 0 heterocycles. The minimum atomic E-state index is -0.457. The predicted octanol–water partition coefficient (Wildman–Crippen LogP) is 4.92. The van der Waals surface area contributed by atoms with Crippen LogP contribution in [0.25, 0.3) is 10.8 Å². The second kappa shape index (κ2) is 11.8. The molecule has 0 aliphatic heterocycles. The summed E-state index contributed by atoms with van der Waals surface area (Å²) in [6.45, 7) is 13.2. The van der Waals surface area contributed by atoms with Gasteiger partial charge in [-0.15, -0.1) is 0 Å². The molecule has 0 spiro atoms. The highest BCUT2D eigenvalue weighted by molar-refractivity contribution is 5.88. The van der Waals surface area contributed by atoms with Crippen molar-refractivity contribution in [2.24, 2.45) is 0 Å². The molecule has 0 saturated heterocycles. The molecule has 2 unspecified atom stereocenters. The van der Waals surface area contributed by atoms with Crippen LogP contribution in [0.1, 0.15) is 32.3 Å². The van der Waals surface area contributed by atoms with Gasteiger partial charge in [-0.05, 0) is 54.3 Å². The lowest BCUT2D eigenvalue weighted by Gasteiger charge is -2.18. The molecule has 2 aromatic rings. The Labute approximate surface area is 183 Å². The van der Waals surface area contributed by atoms with Gasteiger partial charge in [0.25, 0.3) is 0 Å². The first kappa shape index (κ1) is 24.0. The van der Waals surface area contributed by atoms with E-state index in [2.05, 4.69) is 13.2 Å². The quantitative estimate of drug-likeness (QED) is 0.354. The van der Waals surface area contributed by atoms with Crippen molar-refractivity contribution in [3.05, 3.63) is 61.2 Å². The summed E-state index contributed by atoms with van der Waals surface area (Å²) in [7, 11) is 0. The van der Waals surface area contributed by atoms with Crippen molar-refractivity contribution in [2.45, 2.75) is 45.8 Å². The second-order valence-corrected chi connectivity index (χ2v) is 7.04. The molecule has 0 bridgehead atoms. The van der Waals surface area contributed by atoms with Gasteiger partial charge in [-0.3, -0.25) is 0 Å². The van der Waals surface area contributed by atoms with Crippen molar-refractivity contribution in [2.75, 3.05) is 13.2 Å². The summed E-state index contributed by atoms with van der Waals surface area (Å²) in [6.07, 6.45) is 2.92. The van der Waals surface area contributed by atoms with Crippen molar-refractivity contribution in [1.82, 2.24) is 0 Å². The van der Waals surface area contributed by atoms with E-state index in [1.165, 1.54) is 0 Å². The fourth-order valence-electron chi connectivity index (χ4n) is 2.96. The van der Waals surface area contributed by atoms with Crippen molar-refractivity contribution >= 4 is 22.7 Å². The lowest BCUT2D eigenvalue weighted by molar-refractivity contribution is -0.145. The van der Waals surface area contributed by atoms with E-state index in [1.807, 2.05) is 51.1 Å². The van der Waals surface area contributed by atoms with Crippen molar-refractivity contribution < 1.29 is 28.5 Å². The predicted molar refractivity (Wildman–Crippen MR) is 120 cm³/mol. The molecule has 0 N–H and O–H groups in total. The van der Waals surface area contributed by atoms with Gasteiger partial charge in [0, 0.05) is 12.2 Å². The Morgan fingerprint density at radius 2 is 1.48 bits per heavy atom. The Morgan fingerprint density at radius 3 is 2.03 bits per heavy atom. The minimum Gasteiger partial charge on any atom is -0.490 e. The molecule has 0 aromatic heterocycles. The highest BCUT2D eigenvalue weighted by Crippen LogP contribution is 2.30. The third kappa shape index (κ3) is 6.88. The Balaban J connectivity index is 2.06. The number of rotatable bonds is 12. The van der Waals surface area contributed by atoms with Gasteiger partial charge in [0.05, 0.1) is 0 Å². The summed E-state index contributed by atoms with van der Waals surface area (Å²) in [5.74, 6) is 0.511. The fraction of sp³-hybridized carbons (Fsp3) is 0.360. The average Bonchev–Trinajstić information content (AvgIpc) is 2.79. The van der Waals surface area contributed by atoms with Gasteiger partial charge < -0.3 is 18.9 Å². The van der Waals surface area contributed by atoms with Crippen LogP contribution >= 0.6 is 0 Å². The molecule has 0 aliphatic carbocycles. The standard InChI is InChI=1S/C25H30O6/c1-6-19(30-24(26)8-3)15-28-21-11-12-22-17(5)23(13-10-18(22)14-21)29-16-20(7-2)31-25(27)9-4/h8-14,19-20H,3-4,6-7,15-16H2,1-2,5H3. The molecule has 2 atom stereocenters. The Bertz CT molecular complexity index is 933. The van der Waals surface area contributed by atoms with Gasteiger partial charge in [0.15, 0.2) is 0 Å². The maximum absolute atomic E-state index is 11.4. The smallest absolute Gasteiger partial charge is 0.330 e. The Kier molecular flexibility index (Phi) is 9.13. The third-order valence-corrected chi connectivity index (χ3v) is 4.88. The number of esters is 2. The van der Waals surface area contributed by atoms with Crippen LogP contribution in [0.4, 0.5) is 0 Å². The number of ether oxygens (including phenoxy) is 4. The maximum Gasteiger partial charge on any atom is 0.330 e. The van der Waals surface area contributed by atoms with Crippen LogP contribution < -0.4 is 9.47 Å². The second-order valence-electron chi connectivity index (χ2n) is 7.04. The highest BCUT2D eigenvalue weighted by atomic mass is 16.6.